The number of ether oxygens (including phenoxy) is 3. The molecular formula is C22H32O4. The van der Waals surface area contributed by atoms with E-state index >= 15 is 0 Å². The normalized spacial score (nSPS) is 9.08. The van der Waals surface area contributed by atoms with E-state index < -0.39 is 0 Å². The fraction of sp³-hybridized carbons (Fsp3) is 0.409. The van der Waals surface area contributed by atoms with Gasteiger partial charge in [0.25, 0.3) is 0 Å². The predicted octanol–water partition coefficient (Wildman–Crippen LogP) is 5.87. The fourth-order valence-electron chi connectivity index (χ4n) is 2.30. The molecule has 0 aliphatic carbocycles. The molecule has 26 heavy (non-hydrogen) atoms. The maximum Gasteiger partial charge on any atom is 0.309 e. The largest absolute Gasteiger partial charge is 0.497 e. The third-order valence-corrected chi connectivity index (χ3v) is 3.38. The minimum atomic E-state index is -0.248. The van der Waals surface area contributed by atoms with Gasteiger partial charge < -0.3 is 14.2 Å². The van der Waals surface area contributed by atoms with E-state index in [1.165, 1.54) is 7.11 Å². The van der Waals surface area contributed by atoms with Crippen molar-refractivity contribution in [2.45, 2.75) is 48.0 Å². The van der Waals surface area contributed by atoms with Crippen molar-refractivity contribution in [1.29, 1.82) is 0 Å². The van der Waals surface area contributed by atoms with Crippen LogP contribution in [0.5, 0.6) is 17.2 Å². The summed E-state index contributed by atoms with van der Waals surface area (Å²) < 4.78 is 15.8. The molecule has 0 radical (unpaired) electrons. The second kappa shape index (κ2) is 12.8. The Labute approximate surface area is 158 Å². The van der Waals surface area contributed by atoms with Gasteiger partial charge in [-0.25, -0.2) is 0 Å². The number of aryl methyl sites for hydroxylation is 2. The van der Waals surface area contributed by atoms with Gasteiger partial charge in [-0.05, 0) is 54.8 Å². The zero-order chi connectivity index (χ0) is 20.1. The van der Waals surface area contributed by atoms with Crippen molar-refractivity contribution in [2.24, 2.45) is 0 Å². The number of hydrogen-bond acceptors (Lipinski definition) is 4. The van der Waals surface area contributed by atoms with E-state index in [1.807, 2.05) is 77.9 Å². The first-order valence-corrected chi connectivity index (χ1v) is 9.02. The maximum absolute atomic E-state index is 11.4. The van der Waals surface area contributed by atoms with Crippen molar-refractivity contribution in [2.75, 3.05) is 14.2 Å². The van der Waals surface area contributed by atoms with Crippen LogP contribution in [0.25, 0.3) is 0 Å². The van der Waals surface area contributed by atoms with Gasteiger partial charge in [0.15, 0.2) is 0 Å². The lowest BCUT2D eigenvalue weighted by atomic mass is 10.0. The van der Waals surface area contributed by atoms with Gasteiger partial charge in [0.1, 0.15) is 17.2 Å². The summed E-state index contributed by atoms with van der Waals surface area (Å²) >= 11 is 0. The van der Waals surface area contributed by atoms with Gasteiger partial charge in [0, 0.05) is 0 Å². The molecule has 0 amide bonds. The van der Waals surface area contributed by atoms with Crippen LogP contribution in [0.15, 0.2) is 36.4 Å². The zero-order valence-corrected chi connectivity index (χ0v) is 17.3. The molecule has 0 saturated heterocycles. The Morgan fingerprint density at radius 2 is 1.31 bits per heavy atom. The van der Waals surface area contributed by atoms with Crippen molar-refractivity contribution in [3.63, 3.8) is 0 Å². The quantitative estimate of drug-likeness (QED) is 0.625. The second-order valence-corrected chi connectivity index (χ2v) is 5.09. The third kappa shape index (κ3) is 7.18. The molecule has 0 spiro atoms. The molecule has 0 aliphatic heterocycles. The van der Waals surface area contributed by atoms with Crippen LogP contribution in [-0.2, 0) is 16.0 Å². The Morgan fingerprint density at radius 1 is 0.846 bits per heavy atom. The summed E-state index contributed by atoms with van der Waals surface area (Å²) in [6.07, 6.45) is 0.265. The molecule has 0 bridgehead atoms. The summed E-state index contributed by atoms with van der Waals surface area (Å²) in [5.74, 6) is 2.09. The van der Waals surface area contributed by atoms with E-state index in [1.54, 1.807) is 7.11 Å². The van der Waals surface area contributed by atoms with Crippen LogP contribution < -0.4 is 9.47 Å². The summed E-state index contributed by atoms with van der Waals surface area (Å²) in [6, 6.07) is 11.3. The highest BCUT2D eigenvalue weighted by molar-refractivity contribution is 5.72. The minimum Gasteiger partial charge on any atom is -0.497 e. The molecule has 2 rings (SSSR count). The van der Waals surface area contributed by atoms with Gasteiger partial charge in [-0.1, -0.05) is 39.8 Å². The van der Waals surface area contributed by atoms with Gasteiger partial charge in [0.2, 0.25) is 0 Å². The van der Waals surface area contributed by atoms with E-state index in [-0.39, 0.29) is 12.4 Å². The first kappa shape index (κ1) is 23.5. The molecule has 0 N–H and O–H groups in total. The van der Waals surface area contributed by atoms with Gasteiger partial charge in [-0.2, -0.15) is 0 Å². The molecule has 0 aliphatic rings. The highest BCUT2D eigenvalue weighted by Gasteiger charge is 2.10. The Hall–Kier alpha value is -2.49. The Kier molecular flexibility index (Phi) is 11.6. The molecule has 2 aromatic rings. The summed E-state index contributed by atoms with van der Waals surface area (Å²) in [7, 11) is 3.02. The van der Waals surface area contributed by atoms with Gasteiger partial charge in [-0.15, -0.1) is 0 Å². The molecule has 0 aromatic heterocycles. The maximum atomic E-state index is 11.4. The van der Waals surface area contributed by atoms with Crippen LogP contribution in [0.1, 0.15) is 44.4 Å². The minimum absolute atomic E-state index is 0.248. The van der Waals surface area contributed by atoms with Crippen LogP contribution in [0.3, 0.4) is 0 Å². The average Bonchev–Trinajstić information content (AvgIpc) is 2.68. The van der Waals surface area contributed by atoms with Gasteiger partial charge >= 0.3 is 5.97 Å². The van der Waals surface area contributed by atoms with Crippen LogP contribution in [0.4, 0.5) is 0 Å². The fourth-order valence-corrected chi connectivity index (χ4v) is 2.30. The van der Waals surface area contributed by atoms with E-state index in [4.69, 9.17) is 14.2 Å². The van der Waals surface area contributed by atoms with Crippen molar-refractivity contribution < 1.29 is 19.0 Å². The van der Waals surface area contributed by atoms with E-state index in [9.17, 15) is 4.79 Å². The van der Waals surface area contributed by atoms with Gasteiger partial charge in [-0.3, -0.25) is 4.79 Å². The monoisotopic (exact) mass is 360 g/mol. The molecule has 0 saturated carbocycles. The highest BCUT2D eigenvalue weighted by Crippen LogP contribution is 2.31. The lowest BCUT2D eigenvalue weighted by molar-refractivity contribution is -0.139. The SMILES string of the molecule is CC.CC.COC(=O)Cc1cc(C)c(Oc2ccc(OC)cc2)c(C)c1. The number of methoxy groups -OCH3 is 2. The van der Waals surface area contributed by atoms with Crippen LogP contribution >= 0.6 is 0 Å². The van der Waals surface area contributed by atoms with Crippen LogP contribution in [0, 0.1) is 13.8 Å². The van der Waals surface area contributed by atoms with Crippen LogP contribution in [0.2, 0.25) is 0 Å². The summed E-state index contributed by atoms with van der Waals surface area (Å²) in [6.45, 7) is 11.9. The Bertz CT molecular complexity index is 637. The summed E-state index contributed by atoms with van der Waals surface area (Å²) in [5.41, 5.74) is 2.88. The smallest absolute Gasteiger partial charge is 0.309 e. The predicted molar refractivity (Wildman–Crippen MR) is 107 cm³/mol. The third-order valence-electron chi connectivity index (χ3n) is 3.38. The van der Waals surface area contributed by atoms with Gasteiger partial charge in [0.05, 0.1) is 20.6 Å². The number of hydrogen-bond donors (Lipinski definition) is 0. The van der Waals surface area contributed by atoms with Crippen LogP contribution in [-0.4, -0.2) is 20.2 Å². The summed E-state index contributed by atoms with van der Waals surface area (Å²) in [4.78, 5) is 11.4. The molecule has 4 nitrogen and oxygen atoms in total. The lowest BCUT2D eigenvalue weighted by Crippen LogP contribution is -2.05. The average molecular weight is 360 g/mol. The molecule has 144 valence electrons. The van der Waals surface area contributed by atoms with E-state index in [0.717, 1.165) is 33.9 Å². The molecule has 0 atom stereocenters. The summed E-state index contributed by atoms with van der Waals surface area (Å²) in [5, 5.41) is 0. The number of benzene rings is 2. The molecule has 2 aromatic carbocycles. The first-order valence-electron chi connectivity index (χ1n) is 9.02. The number of carbonyl (C=O) groups excluding carboxylic acids is 1. The lowest BCUT2D eigenvalue weighted by Gasteiger charge is -2.14. The van der Waals surface area contributed by atoms with Crippen molar-refractivity contribution in [3.8, 4) is 17.2 Å². The van der Waals surface area contributed by atoms with Crippen molar-refractivity contribution in [1.82, 2.24) is 0 Å². The van der Waals surface area contributed by atoms with E-state index in [2.05, 4.69) is 0 Å². The topological polar surface area (TPSA) is 44.8 Å². The zero-order valence-electron chi connectivity index (χ0n) is 17.3. The Morgan fingerprint density at radius 3 is 1.73 bits per heavy atom. The second-order valence-electron chi connectivity index (χ2n) is 5.09. The van der Waals surface area contributed by atoms with Crippen molar-refractivity contribution in [3.05, 3.63) is 53.1 Å². The van der Waals surface area contributed by atoms with Crippen molar-refractivity contribution >= 4 is 5.97 Å². The standard InChI is InChI=1S/C18H20O4.2C2H6/c1-12-9-14(11-17(19)21-4)10-13(2)18(12)22-16-7-5-15(20-3)6-8-16;2*1-2/h5-10H,11H2,1-4H3;2*1-2H3. The highest BCUT2D eigenvalue weighted by atomic mass is 16.5. The van der Waals surface area contributed by atoms with E-state index in [0.29, 0.717) is 0 Å². The number of rotatable bonds is 5. The molecule has 0 fully saturated rings. The molecule has 0 heterocycles. The Balaban J connectivity index is 0.00000146. The molecule has 0 unspecified atom stereocenters. The molecular weight excluding hydrogens is 328 g/mol. The number of carbonyl (C=O) groups is 1. The molecule has 4 heteroatoms. The number of esters is 1. The first-order chi connectivity index (χ1) is 12.5.